The zero-order valence-electron chi connectivity index (χ0n) is 13.4. The lowest BCUT2D eigenvalue weighted by Gasteiger charge is -2.25. The lowest BCUT2D eigenvalue weighted by Crippen LogP contribution is -2.52. The van der Waals surface area contributed by atoms with Crippen LogP contribution in [0.25, 0.3) is 10.9 Å². The first-order valence-corrected chi connectivity index (χ1v) is 7.43. The summed E-state index contributed by atoms with van der Waals surface area (Å²) in [4.78, 5) is 26.9. The molecule has 3 N–H and O–H groups in total. The molecule has 0 aliphatic heterocycles. The number of benzene rings is 1. The molecule has 0 aliphatic rings. The van der Waals surface area contributed by atoms with Crippen molar-refractivity contribution in [1.82, 2.24) is 10.3 Å². The molecule has 0 saturated carbocycles. The van der Waals surface area contributed by atoms with Gasteiger partial charge in [-0.2, -0.15) is 0 Å². The molecule has 0 aliphatic carbocycles. The topological polar surface area (TPSA) is 82.2 Å². The second kappa shape index (κ2) is 5.83. The van der Waals surface area contributed by atoms with Crippen molar-refractivity contribution < 1.29 is 14.7 Å². The number of hydrogen-bond acceptors (Lipinski definition) is 2. The van der Waals surface area contributed by atoms with Crippen molar-refractivity contribution in [2.75, 3.05) is 0 Å². The fraction of sp³-hybridized carbons (Fsp3) is 0.412. The lowest BCUT2D eigenvalue weighted by molar-refractivity contribution is -0.144. The average Bonchev–Trinajstić information content (AvgIpc) is 2.88. The summed E-state index contributed by atoms with van der Waals surface area (Å²) in [6, 6.07) is 5.70. The van der Waals surface area contributed by atoms with Gasteiger partial charge < -0.3 is 15.4 Å². The van der Waals surface area contributed by atoms with E-state index in [1.165, 1.54) is 6.92 Å². The van der Waals surface area contributed by atoms with E-state index in [1.54, 1.807) is 6.07 Å². The molecular formula is C17H22N2O3. The second-order valence-corrected chi connectivity index (χ2v) is 5.99. The summed E-state index contributed by atoms with van der Waals surface area (Å²) in [6.07, 6.45) is 1.06. The van der Waals surface area contributed by atoms with Crippen molar-refractivity contribution in [3.8, 4) is 0 Å². The summed E-state index contributed by atoms with van der Waals surface area (Å²) >= 11 is 0. The first-order valence-electron chi connectivity index (χ1n) is 7.43. The molecule has 1 atom stereocenters. The number of aromatic nitrogens is 1. The maximum Gasteiger partial charge on any atom is 0.329 e. The highest BCUT2D eigenvalue weighted by molar-refractivity contribution is 6.01. The van der Waals surface area contributed by atoms with Gasteiger partial charge in [-0.1, -0.05) is 19.4 Å². The first kappa shape index (κ1) is 16.1. The van der Waals surface area contributed by atoms with E-state index in [-0.39, 0.29) is 0 Å². The minimum absolute atomic E-state index is 0.381. The molecule has 0 saturated heterocycles. The van der Waals surface area contributed by atoms with Crippen molar-refractivity contribution in [3.63, 3.8) is 0 Å². The van der Waals surface area contributed by atoms with Crippen LogP contribution in [0.1, 0.15) is 48.3 Å². The van der Waals surface area contributed by atoms with Crippen LogP contribution >= 0.6 is 0 Å². The number of rotatable bonds is 5. The van der Waals surface area contributed by atoms with Gasteiger partial charge >= 0.3 is 5.97 Å². The number of carboxylic acids is 1. The molecule has 5 heteroatoms. The van der Waals surface area contributed by atoms with Crippen LogP contribution in [0.15, 0.2) is 18.2 Å². The summed E-state index contributed by atoms with van der Waals surface area (Å²) in [6.45, 7) is 7.45. The molecule has 118 valence electrons. The Morgan fingerprint density at radius 1 is 1.32 bits per heavy atom. The summed E-state index contributed by atoms with van der Waals surface area (Å²) in [5.74, 6) is -1.42. The van der Waals surface area contributed by atoms with Gasteiger partial charge in [0.1, 0.15) is 11.2 Å². The number of carbonyl (C=O) groups excluding carboxylic acids is 1. The standard InChI is InChI=1S/C17H22N2O3/c1-5-8-17(4,16(21)22)19-15(20)14-9-12-11(3)10(2)6-7-13(12)18-14/h6-7,9,18H,5,8H2,1-4H3,(H,19,20)(H,21,22). The highest BCUT2D eigenvalue weighted by Crippen LogP contribution is 2.23. The number of aryl methyl sites for hydroxylation is 2. The van der Waals surface area contributed by atoms with Crippen LogP contribution in [0.2, 0.25) is 0 Å². The molecule has 1 amide bonds. The third-order valence-corrected chi connectivity index (χ3v) is 4.20. The van der Waals surface area contributed by atoms with E-state index in [9.17, 15) is 14.7 Å². The van der Waals surface area contributed by atoms with E-state index in [2.05, 4.69) is 10.3 Å². The largest absolute Gasteiger partial charge is 0.480 e. The highest BCUT2D eigenvalue weighted by atomic mass is 16.4. The molecule has 22 heavy (non-hydrogen) atoms. The summed E-state index contributed by atoms with van der Waals surface area (Å²) in [5.41, 5.74) is 2.27. The Morgan fingerprint density at radius 3 is 2.59 bits per heavy atom. The van der Waals surface area contributed by atoms with Crippen molar-refractivity contribution in [3.05, 3.63) is 35.0 Å². The fourth-order valence-electron chi connectivity index (χ4n) is 2.62. The second-order valence-electron chi connectivity index (χ2n) is 5.99. The van der Waals surface area contributed by atoms with Crippen LogP contribution in [0.5, 0.6) is 0 Å². The van der Waals surface area contributed by atoms with E-state index in [4.69, 9.17) is 0 Å². The quantitative estimate of drug-likeness (QED) is 0.793. The number of aliphatic carboxylic acids is 1. The molecule has 2 aromatic rings. The molecule has 0 radical (unpaired) electrons. The Morgan fingerprint density at radius 2 is 2.00 bits per heavy atom. The molecule has 1 unspecified atom stereocenters. The number of fused-ring (bicyclic) bond motifs is 1. The van der Waals surface area contributed by atoms with Crippen molar-refractivity contribution in [1.29, 1.82) is 0 Å². The number of amides is 1. The third kappa shape index (κ3) is 2.84. The average molecular weight is 302 g/mol. The van der Waals surface area contributed by atoms with Gasteiger partial charge in [0.25, 0.3) is 5.91 Å². The van der Waals surface area contributed by atoms with Gasteiger partial charge in [-0.25, -0.2) is 4.79 Å². The van der Waals surface area contributed by atoms with Crippen molar-refractivity contribution in [2.45, 2.75) is 46.1 Å². The zero-order chi connectivity index (χ0) is 16.5. The minimum atomic E-state index is -1.26. The number of carboxylic acid groups (broad SMARTS) is 1. The van der Waals surface area contributed by atoms with Gasteiger partial charge in [-0.15, -0.1) is 0 Å². The molecule has 0 bridgehead atoms. The normalized spacial score (nSPS) is 13.8. The smallest absolute Gasteiger partial charge is 0.329 e. The predicted molar refractivity (Wildman–Crippen MR) is 86.2 cm³/mol. The van der Waals surface area contributed by atoms with E-state index in [0.29, 0.717) is 18.5 Å². The summed E-state index contributed by atoms with van der Waals surface area (Å²) in [5, 5.41) is 13.0. The Balaban J connectivity index is 2.34. The number of H-pyrrole nitrogens is 1. The predicted octanol–water partition coefficient (Wildman–Crippen LogP) is 3.16. The Labute approximate surface area is 129 Å². The maximum atomic E-state index is 12.4. The van der Waals surface area contributed by atoms with Crippen LogP contribution in [0.3, 0.4) is 0 Å². The Bertz CT molecular complexity index is 733. The molecule has 0 spiro atoms. The first-order chi connectivity index (χ1) is 10.3. The number of carbonyl (C=O) groups is 2. The number of hydrogen-bond donors (Lipinski definition) is 3. The molecule has 0 fully saturated rings. The minimum Gasteiger partial charge on any atom is -0.480 e. The van der Waals surface area contributed by atoms with Gasteiger partial charge in [0.2, 0.25) is 0 Å². The van der Waals surface area contributed by atoms with Crippen LogP contribution in [0.4, 0.5) is 0 Å². The van der Waals surface area contributed by atoms with Crippen LogP contribution in [-0.4, -0.2) is 27.5 Å². The van der Waals surface area contributed by atoms with Crippen molar-refractivity contribution >= 4 is 22.8 Å². The van der Waals surface area contributed by atoms with E-state index in [0.717, 1.165) is 22.0 Å². The summed E-state index contributed by atoms with van der Waals surface area (Å²) in [7, 11) is 0. The van der Waals surface area contributed by atoms with Crippen LogP contribution < -0.4 is 5.32 Å². The fourth-order valence-corrected chi connectivity index (χ4v) is 2.62. The number of nitrogens with one attached hydrogen (secondary N) is 2. The third-order valence-electron chi connectivity index (χ3n) is 4.20. The Kier molecular flexibility index (Phi) is 4.26. The number of aromatic amines is 1. The molecule has 2 rings (SSSR count). The summed E-state index contributed by atoms with van der Waals surface area (Å²) < 4.78 is 0. The SMILES string of the molecule is CCCC(C)(NC(=O)c1cc2c(C)c(C)ccc2[nH]1)C(=O)O. The van der Waals surface area contributed by atoms with Crippen LogP contribution in [0, 0.1) is 13.8 Å². The van der Waals surface area contributed by atoms with Crippen LogP contribution in [-0.2, 0) is 4.79 Å². The zero-order valence-corrected chi connectivity index (χ0v) is 13.4. The van der Waals surface area contributed by atoms with Crippen molar-refractivity contribution in [2.24, 2.45) is 0 Å². The van der Waals surface area contributed by atoms with E-state index < -0.39 is 17.4 Å². The molecular weight excluding hydrogens is 280 g/mol. The van der Waals surface area contributed by atoms with Gasteiger partial charge in [0.05, 0.1) is 0 Å². The van der Waals surface area contributed by atoms with Gasteiger partial charge in [-0.05, 0) is 50.5 Å². The molecule has 1 heterocycles. The molecule has 5 nitrogen and oxygen atoms in total. The monoisotopic (exact) mass is 302 g/mol. The highest BCUT2D eigenvalue weighted by Gasteiger charge is 2.34. The lowest BCUT2D eigenvalue weighted by atomic mass is 9.96. The molecule has 1 aromatic heterocycles. The molecule has 1 aromatic carbocycles. The van der Waals surface area contributed by atoms with Gasteiger partial charge in [-0.3, -0.25) is 4.79 Å². The van der Waals surface area contributed by atoms with E-state index in [1.807, 2.05) is 32.9 Å². The van der Waals surface area contributed by atoms with Gasteiger partial charge in [0.15, 0.2) is 0 Å². The maximum absolute atomic E-state index is 12.4. The van der Waals surface area contributed by atoms with E-state index >= 15 is 0 Å². The Hall–Kier alpha value is -2.30. The van der Waals surface area contributed by atoms with Gasteiger partial charge in [0, 0.05) is 10.9 Å².